The normalized spacial score (nSPS) is 10.8. The van der Waals surface area contributed by atoms with Crippen molar-refractivity contribution in [1.82, 2.24) is 9.97 Å². The quantitative estimate of drug-likeness (QED) is 0.435. The Morgan fingerprint density at radius 3 is 2.29 bits per heavy atom. The highest BCUT2D eigenvalue weighted by Gasteiger charge is 2.07. The number of halogens is 1. The lowest BCUT2D eigenvalue weighted by Crippen LogP contribution is -2.10. The van der Waals surface area contributed by atoms with E-state index in [1.54, 1.807) is 0 Å². The molecule has 0 radical (unpaired) electrons. The summed E-state index contributed by atoms with van der Waals surface area (Å²) in [5, 5.41) is 8.54. The number of aromatic nitrogens is 2. The summed E-state index contributed by atoms with van der Waals surface area (Å²) in [6.07, 6.45) is 0.937. The molecule has 0 aliphatic carbocycles. The summed E-state index contributed by atoms with van der Waals surface area (Å²) in [5.74, 6) is 1.45. The molecule has 0 saturated heterocycles. The van der Waals surface area contributed by atoms with Gasteiger partial charge in [-0.05, 0) is 41.8 Å². The molecule has 1 aromatic heterocycles. The second kappa shape index (κ2) is 8.72. The maximum atomic E-state index is 5.95. The molecule has 0 unspecified atom stereocenters. The molecule has 3 aromatic carbocycles. The first kappa shape index (κ1) is 18.3. The maximum absolute atomic E-state index is 5.95. The maximum Gasteiger partial charge on any atom is 0.225 e. The Kier molecular flexibility index (Phi) is 5.69. The van der Waals surface area contributed by atoms with Crippen LogP contribution in [0.3, 0.4) is 0 Å². The minimum absolute atomic E-state index is 0.607. The van der Waals surface area contributed by atoms with E-state index in [0.29, 0.717) is 12.5 Å². The molecule has 28 heavy (non-hydrogen) atoms. The van der Waals surface area contributed by atoms with Crippen LogP contribution in [0.1, 0.15) is 11.1 Å². The molecule has 0 saturated carbocycles. The van der Waals surface area contributed by atoms with Crippen molar-refractivity contribution in [1.29, 1.82) is 0 Å². The molecule has 2 N–H and O–H groups in total. The molecule has 1 heterocycles. The molecule has 0 spiro atoms. The van der Waals surface area contributed by atoms with Gasteiger partial charge in [0.05, 0.1) is 5.52 Å². The van der Waals surface area contributed by atoms with E-state index in [2.05, 4.69) is 39.9 Å². The van der Waals surface area contributed by atoms with Crippen LogP contribution in [0, 0.1) is 0 Å². The van der Waals surface area contributed by atoms with Gasteiger partial charge in [-0.25, -0.2) is 4.98 Å². The number of benzene rings is 3. The molecule has 4 rings (SSSR count). The van der Waals surface area contributed by atoms with E-state index in [4.69, 9.17) is 16.6 Å². The topological polar surface area (TPSA) is 49.8 Å². The van der Waals surface area contributed by atoms with E-state index in [1.807, 2.05) is 54.6 Å². The summed E-state index contributed by atoms with van der Waals surface area (Å²) in [5.41, 5.74) is 3.34. The van der Waals surface area contributed by atoms with E-state index < -0.39 is 0 Å². The van der Waals surface area contributed by atoms with Crippen molar-refractivity contribution in [3.63, 3.8) is 0 Å². The Morgan fingerprint density at radius 2 is 1.46 bits per heavy atom. The van der Waals surface area contributed by atoms with Crippen molar-refractivity contribution in [2.75, 3.05) is 17.2 Å². The van der Waals surface area contributed by atoms with Crippen molar-refractivity contribution in [2.45, 2.75) is 13.0 Å². The van der Waals surface area contributed by atoms with E-state index in [9.17, 15) is 0 Å². The summed E-state index contributed by atoms with van der Waals surface area (Å²) in [6, 6.07) is 26.3. The number of nitrogens with zero attached hydrogens (tertiary/aromatic N) is 2. The van der Waals surface area contributed by atoms with Crippen molar-refractivity contribution in [2.24, 2.45) is 0 Å². The van der Waals surface area contributed by atoms with Gasteiger partial charge in [0, 0.05) is 23.5 Å². The third-order valence-electron chi connectivity index (χ3n) is 4.52. The second-order valence-corrected chi connectivity index (χ2v) is 6.99. The Morgan fingerprint density at radius 1 is 0.714 bits per heavy atom. The number of hydrogen-bond donors (Lipinski definition) is 2. The first-order valence-electron chi connectivity index (χ1n) is 9.31. The Labute approximate surface area is 169 Å². The second-order valence-electron chi connectivity index (χ2n) is 6.56. The van der Waals surface area contributed by atoms with Crippen molar-refractivity contribution < 1.29 is 0 Å². The number of anilines is 2. The fourth-order valence-electron chi connectivity index (χ4n) is 3.04. The summed E-state index contributed by atoms with van der Waals surface area (Å²) in [6.45, 7) is 1.45. The van der Waals surface area contributed by atoms with Crippen molar-refractivity contribution in [3.05, 3.63) is 95.0 Å². The van der Waals surface area contributed by atoms with Crippen LogP contribution in [-0.4, -0.2) is 16.5 Å². The van der Waals surface area contributed by atoms with Crippen LogP contribution in [0.5, 0.6) is 0 Å². The van der Waals surface area contributed by atoms with Crippen LogP contribution in [-0.2, 0) is 13.0 Å². The molecule has 4 aromatic rings. The van der Waals surface area contributed by atoms with Crippen LogP contribution >= 0.6 is 11.6 Å². The van der Waals surface area contributed by atoms with Crippen LogP contribution in [0.15, 0.2) is 78.9 Å². The Balaban J connectivity index is 1.50. The average molecular weight is 389 g/mol. The number of fused-ring (bicyclic) bond motifs is 1. The highest BCUT2D eigenvalue weighted by molar-refractivity contribution is 6.30. The standard InChI is InChI=1S/C23H21ClN4/c24-19-12-10-18(11-13-19)16-26-23-27-21-9-5-4-8-20(21)22(28-23)25-15-14-17-6-2-1-3-7-17/h1-13H,14-16H2,(H2,25,26,27,28). The number of para-hydroxylation sites is 1. The van der Waals surface area contributed by atoms with Gasteiger partial charge in [0.25, 0.3) is 0 Å². The minimum atomic E-state index is 0.607. The SMILES string of the molecule is Clc1ccc(CNc2nc(NCCc3ccccc3)c3ccccc3n2)cc1. The van der Waals surface area contributed by atoms with Gasteiger partial charge in [-0.3, -0.25) is 0 Å². The lowest BCUT2D eigenvalue weighted by molar-refractivity contribution is 1.00. The Bertz CT molecular complexity index is 1050. The molecular weight excluding hydrogens is 368 g/mol. The van der Waals surface area contributed by atoms with Gasteiger partial charge in [0.2, 0.25) is 5.95 Å². The lowest BCUT2D eigenvalue weighted by Gasteiger charge is -2.12. The van der Waals surface area contributed by atoms with E-state index in [1.165, 1.54) is 5.56 Å². The van der Waals surface area contributed by atoms with Crippen molar-refractivity contribution >= 4 is 34.3 Å². The summed E-state index contributed by atoms with van der Waals surface area (Å²) >= 11 is 5.95. The van der Waals surface area contributed by atoms with Gasteiger partial charge in [-0.1, -0.05) is 66.2 Å². The fraction of sp³-hybridized carbons (Fsp3) is 0.130. The van der Waals surface area contributed by atoms with Gasteiger partial charge in [0.1, 0.15) is 5.82 Å². The molecule has 5 heteroatoms. The average Bonchev–Trinajstić information content (AvgIpc) is 2.74. The molecule has 4 nitrogen and oxygen atoms in total. The zero-order valence-electron chi connectivity index (χ0n) is 15.4. The molecule has 0 atom stereocenters. The van der Waals surface area contributed by atoms with Gasteiger partial charge >= 0.3 is 0 Å². The summed E-state index contributed by atoms with van der Waals surface area (Å²) in [7, 11) is 0. The lowest BCUT2D eigenvalue weighted by atomic mass is 10.1. The zero-order valence-corrected chi connectivity index (χ0v) is 16.2. The molecule has 0 bridgehead atoms. The van der Waals surface area contributed by atoms with Crippen LogP contribution < -0.4 is 10.6 Å². The minimum Gasteiger partial charge on any atom is -0.369 e. The first-order chi connectivity index (χ1) is 13.8. The summed E-state index contributed by atoms with van der Waals surface area (Å²) < 4.78 is 0. The first-order valence-corrected chi connectivity index (χ1v) is 9.68. The van der Waals surface area contributed by atoms with E-state index in [-0.39, 0.29) is 0 Å². The zero-order chi connectivity index (χ0) is 19.2. The Hall–Kier alpha value is -3.11. The van der Waals surface area contributed by atoms with E-state index >= 15 is 0 Å². The molecule has 0 fully saturated rings. The van der Waals surface area contributed by atoms with Crippen LogP contribution in [0.4, 0.5) is 11.8 Å². The molecule has 0 aliphatic heterocycles. The predicted octanol–water partition coefficient (Wildman–Crippen LogP) is 5.55. The smallest absolute Gasteiger partial charge is 0.225 e. The summed E-state index contributed by atoms with van der Waals surface area (Å²) in [4.78, 5) is 9.35. The molecule has 140 valence electrons. The van der Waals surface area contributed by atoms with Gasteiger partial charge < -0.3 is 10.6 Å². The number of rotatable bonds is 7. The third kappa shape index (κ3) is 4.59. The molecule has 0 aliphatic rings. The monoisotopic (exact) mass is 388 g/mol. The number of hydrogen-bond acceptors (Lipinski definition) is 4. The highest BCUT2D eigenvalue weighted by Crippen LogP contribution is 2.22. The van der Waals surface area contributed by atoms with Crippen molar-refractivity contribution in [3.8, 4) is 0 Å². The van der Waals surface area contributed by atoms with Crippen LogP contribution in [0.25, 0.3) is 10.9 Å². The van der Waals surface area contributed by atoms with Gasteiger partial charge in [-0.15, -0.1) is 0 Å². The van der Waals surface area contributed by atoms with E-state index in [0.717, 1.165) is 40.3 Å². The molecule has 0 amide bonds. The third-order valence-corrected chi connectivity index (χ3v) is 4.77. The highest BCUT2D eigenvalue weighted by atomic mass is 35.5. The van der Waals surface area contributed by atoms with Gasteiger partial charge in [0.15, 0.2) is 0 Å². The fourth-order valence-corrected chi connectivity index (χ4v) is 3.17. The van der Waals surface area contributed by atoms with Crippen LogP contribution in [0.2, 0.25) is 5.02 Å². The van der Waals surface area contributed by atoms with Gasteiger partial charge in [-0.2, -0.15) is 4.98 Å². The predicted molar refractivity (Wildman–Crippen MR) is 117 cm³/mol. The largest absolute Gasteiger partial charge is 0.369 e. The number of nitrogens with one attached hydrogen (secondary N) is 2. The molecular formula is C23H21ClN4.